The highest BCUT2D eigenvalue weighted by Crippen LogP contribution is 2.32. The molecule has 0 aliphatic heterocycles. The Balaban J connectivity index is 2.94. The van der Waals surface area contributed by atoms with E-state index in [0.717, 1.165) is 12.3 Å². The first-order valence-electron chi connectivity index (χ1n) is 6.82. The molecule has 0 saturated heterocycles. The number of hydrogen-bond acceptors (Lipinski definition) is 2. The zero-order valence-corrected chi connectivity index (χ0v) is 12.6. The van der Waals surface area contributed by atoms with Crippen molar-refractivity contribution in [3.8, 4) is 5.75 Å². The molecule has 1 atom stereocenters. The maximum Gasteiger partial charge on any atom is 0.119 e. The Morgan fingerprint density at radius 2 is 1.67 bits per heavy atom. The normalized spacial score (nSPS) is 14.9. The Bertz CT molecular complexity index is 356. The number of hydrogen-bond donors (Lipinski definition) is 1. The number of nitrogens with one attached hydrogen (secondary N) is 1. The van der Waals surface area contributed by atoms with Crippen LogP contribution < -0.4 is 10.1 Å². The largest absolute Gasteiger partial charge is 0.491 e. The van der Waals surface area contributed by atoms with Crippen molar-refractivity contribution in [1.82, 2.24) is 5.32 Å². The first-order valence-corrected chi connectivity index (χ1v) is 6.82. The fraction of sp³-hybridized carbons (Fsp3) is 0.625. The third kappa shape index (κ3) is 3.49. The Morgan fingerprint density at radius 3 is 2.06 bits per heavy atom. The molecule has 2 heteroatoms. The fourth-order valence-corrected chi connectivity index (χ4v) is 2.19. The molecule has 2 nitrogen and oxygen atoms in total. The SMILES string of the molecule is CNCC(C)(c1ccc(OC(C)C)cc1)C(C)C. The van der Waals surface area contributed by atoms with Gasteiger partial charge in [-0.1, -0.05) is 32.9 Å². The number of likely N-dealkylation sites (N-methyl/N-ethyl adjacent to an activating group) is 1. The van der Waals surface area contributed by atoms with Crippen molar-refractivity contribution in [3.63, 3.8) is 0 Å². The minimum atomic E-state index is 0.158. The summed E-state index contributed by atoms with van der Waals surface area (Å²) in [6.07, 6.45) is 0.227. The molecule has 0 heterocycles. The molecule has 1 aromatic rings. The summed E-state index contributed by atoms with van der Waals surface area (Å²) >= 11 is 0. The molecule has 0 radical (unpaired) electrons. The van der Waals surface area contributed by atoms with E-state index in [1.807, 2.05) is 20.9 Å². The summed E-state index contributed by atoms with van der Waals surface area (Å²) in [5, 5.41) is 3.30. The van der Waals surface area contributed by atoms with E-state index in [4.69, 9.17) is 4.74 Å². The summed E-state index contributed by atoms with van der Waals surface area (Å²) in [5.41, 5.74) is 1.52. The van der Waals surface area contributed by atoms with Gasteiger partial charge in [0.1, 0.15) is 5.75 Å². The average Bonchev–Trinajstić information content (AvgIpc) is 2.29. The maximum atomic E-state index is 5.69. The smallest absolute Gasteiger partial charge is 0.119 e. The van der Waals surface area contributed by atoms with Gasteiger partial charge in [0.2, 0.25) is 0 Å². The van der Waals surface area contributed by atoms with Crippen LogP contribution in [0.1, 0.15) is 40.2 Å². The third-order valence-corrected chi connectivity index (χ3v) is 3.70. The van der Waals surface area contributed by atoms with Crippen LogP contribution in [0.4, 0.5) is 0 Å². The summed E-state index contributed by atoms with van der Waals surface area (Å²) in [5.74, 6) is 1.53. The first-order chi connectivity index (χ1) is 8.40. The lowest BCUT2D eigenvalue weighted by Gasteiger charge is -2.34. The van der Waals surface area contributed by atoms with Crippen LogP contribution in [0, 0.1) is 5.92 Å². The Morgan fingerprint density at radius 1 is 1.11 bits per heavy atom. The van der Waals surface area contributed by atoms with Crippen LogP contribution in [-0.4, -0.2) is 19.7 Å². The Kier molecular flexibility index (Phi) is 5.21. The highest BCUT2D eigenvalue weighted by Gasteiger charge is 2.29. The zero-order chi connectivity index (χ0) is 13.8. The third-order valence-electron chi connectivity index (χ3n) is 3.70. The molecule has 0 aliphatic carbocycles. The minimum Gasteiger partial charge on any atom is -0.491 e. The monoisotopic (exact) mass is 249 g/mol. The van der Waals surface area contributed by atoms with Gasteiger partial charge in [-0.3, -0.25) is 0 Å². The van der Waals surface area contributed by atoms with Crippen LogP contribution in [0.2, 0.25) is 0 Å². The lowest BCUT2D eigenvalue weighted by Crippen LogP contribution is -2.38. The van der Waals surface area contributed by atoms with Gasteiger partial charge in [-0.25, -0.2) is 0 Å². The van der Waals surface area contributed by atoms with Crippen LogP contribution in [-0.2, 0) is 5.41 Å². The van der Waals surface area contributed by atoms with Gasteiger partial charge in [-0.2, -0.15) is 0 Å². The average molecular weight is 249 g/mol. The summed E-state index contributed by atoms with van der Waals surface area (Å²) < 4.78 is 5.69. The van der Waals surface area contributed by atoms with Crippen LogP contribution in [0.15, 0.2) is 24.3 Å². The molecule has 0 spiro atoms. The van der Waals surface area contributed by atoms with Crippen LogP contribution in [0.25, 0.3) is 0 Å². The molecule has 1 unspecified atom stereocenters. The van der Waals surface area contributed by atoms with E-state index in [1.165, 1.54) is 5.56 Å². The van der Waals surface area contributed by atoms with Crippen molar-refractivity contribution in [1.29, 1.82) is 0 Å². The van der Waals surface area contributed by atoms with E-state index in [0.29, 0.717) is 5.92 Å². The molecule has 0 aromatic heterocycles. The van der Waals surface area contributed by atoms with Gasteiger partial charge in [-0.15, -0.1) is 0 Å². The molecule has 0 aliphatic rings. The van der Waals surface area contributed by atoms with E-state index in [-0.39, 0.29) is 11.5 Å². The topological polar surface area (TPSA) is 21.3 Å². The Labute approximate surface area is 112 Å². The second kappa shape index (κ2) is 6.24. The number of benzene rings is 1. The van der Waals surface area contributed by atoms with E-state index in [9.17, 15) is 0 Å². The summed E-state index contributed by atoms with van der Waals surface area (Å²) in [6.45, 7) is 11.9. The summed E-state index contributed by atoms with van der Waals surface area (Å²) in [6, 6.07) is 8.53. The molecule has 0 saturated carbocycles. The summed E-state index contributed by atoms with van der Waals surface area (Å²) in [4.78, 5) is 0. The molecule has 1 aromatic carbocycles. The molecule has 18 heavy (non-hydrogen) atoms. The first kappa shape index (κ1) is 15.0. The molecule has 0 bridgehead atoms. The molecule has 1 rings (SSSR count). The second-order valence-corrected chi connectivity index (χ2v) is 5.79. The van der Waals surface area contributed by atoms with E-state index >= 15 is 0 Å². The molecule has 0 fully saturated rings. The fourth-order valence-electron chi connectivity index (χ4n) is 2.19. The van der Waals surface area contributed by atoms with E-state index in [1.54, 1.807) is 0 Å². The predicted molar refractivity (Wildman–Crippen MR) is 78.3 cm³/mol. The van der Waals surface area contributed by atoms with Crippen molar-refractivity contribution in [3.05, 3.63) is 29.8 Å². The van der Waals surface area contributed by atoms with Gasteiger partial charge in [0.15, 0.2) is 0 Å². The summed E-state index contributed by atoms with van der Waals surface area (Å²) in [7, 11) is 2.01. The van der Waals surface area contributed by atoms with Crippen molar-refractivity contribution in [2.45, 2.75) is 46.1 Å². The van der Waals surface area contributed by atoms with Crippen LogP contribution in [0.5, 0.6) is 5.75 Å². The highest BCUT2D eigenvalue weighted by atomic mass is 16.5. The molecular weight excluding hydrogens is 222 g/mol. The minimum absolute atomic E-state index is 0.158. The lowest BCUT2D eigenvalue weighted by atomic mass is 9.73. The predicted octanol–water partition coefficient (Wildman–Crippen LogP) is 3.61. The van der Waals surface area contributed by atoms with Crippen molar-refractivity contribution < 1.29 is 4.74 Å². The van der Waals surface area contributed by atoms with Crippen molar-refractivity contribution in [2.75, 3.05) is 13.6 Å². The van der Waals surface area contributed by atoms with Crippen LogP contribution >= 0.6 is 0 Å². The second-order valence-electron chi connectivity index (χ2n) is 5.79. The Hall–Kier alpha value is -1.02. The van der Waals surface area contributed by atoms with E-state index in [2.05, 4.69) is 50.4 Å². The van der Waals surface area contributed by atoms with Gasteiger partial charge < -0.3 is 10.1 Å². The van der Waals surface area contributed by atoms with Gasteiger partial charge in [0, 0.05) is 12.0 Å². The molecular formula is C16H27NO. The van der Waals surface area contributed by atoms with Crippen molar-refractivity contribution in [2.24, 2.45) is 5.92 Å². The number of ether oxygens (including phenoxy) is 1. The van der Waals surface area contributed by atoms with E-state index < -0.39 is 0 Å². The van der Waals surface area contributed by atoms with Crippen molar-refractivity contribution >= 4 is 0 Å². The van der Waals surface area contributed by atoms with Gasteiger partial charge in [-0.05, 0) is 44.5 Å². The highest BCUT2D eigenvalue weighted by molar-refractivity contribution is 5.33. The zero-order valence-electron chi connectivity index (χ0n) is 12.6. The maximum absolute atomic E-state index is 5.69. The molecule has 1 N–H and O–H groups in total. The lowest BCUT2D eigenvalue weighted by molar-refractivity contribution is 0.242. The van der Waals surface area contributed by atoms with Gasteiger partial charge in [0.25, 0.3) is 0 Å². The van der Waals surface area contributed by atoms with Gasteiger partial charge in [0.05, 0.1) is 6.10 Å². The standard InChI is InChI=1S/C16H27NO/c1-12(2)16(5,11-17-6)14-7-9-15(10-8-14)18-13(3)4/h7-10,12-13,17H,11H2,1-6H3. The molecule has 102 valence electrons. The van der Waals surface area contributed by atoms with Gasteiger partial charge >= 0.3 is 0 Å². The van der Waals surface area contributed by atoms with Crippen LogP contribution in [0.3, 0.4) is 0 Å². The quantitative estimate of drug-likeness (QED) is 0.831. The molecule has 0 amide bonds. The number of rotatable bonds is 6.